The van der Waals surface area contributed by atoms with Crippen molar-refractivity contribution in [3.63, 3.8) is 0 Å². The Morgan fingerprint density at radius 1 is 1.17 bits per heavy atom. The lowest BCUT2D eigenvalue weighted by Gasteiger charge is -2.28. The molecule has 1 unspecified atom stereocenters. The van der Waals surface area contributed by atoms with Gasteiger partial charge in [0.05, 0.1) is 11.7 Å². The number of hydrogen-bond acceptors (Lipinski definition) is 2. The minimum atomic E-state index is -0.858. The van der Waals surface area contributed by atoms with Crippen molar-refractivity contribution >= 4 is 0 Å². The zero-order valence-corrected chi connectivity index (χ0v) is 10.9. The first-order valence-corrected chi connectivity index (χ1v) is 5.89. The van der Waals surface area contributed by atoms with E-state index >= 15 is 0 Å². The highest BCUT2D eigenvalue weighted by Crippen LogP contribution is 2.30. The smallest absolute Gasteiger partial charge is 0.146 e. The van der Waals surface area contributed by atoms with Gasteiger partial charge in [0.15, 0.2) is 0 Å². The van der Waals surface area contributed by atoms with E-state index in [2.05, 4.69) is 4.98 Å². The van der Waals surface area contributed by atoms with E-state index in [9.17, 15) is 4.39 Å². The molecule has 1 aromatic carbocycles. The molecule has 2 rings (SSSR count). The number of aryl methyl sites for hydroxylation is 2. The molecule has 0 bridgehead atoms. The maximum absolute atomic E-state index is 13.9. The average Bonchev–Trinajstić information content (AvgIpc) is 2.32. The van der Waals surface area contributed by atoms with Crippen LogP contribution in [-0.4, -0.2) is 4.98 Å². The summed E-state index contributed by atoms with van der Waals surface area (Å²) in [6, 6.07) is 7.68. The quantitative estimate of drug-likeness (QED) is 0.881. The summed E-state index contributed by atoms with van der Waals surface area (Å²) in [6.45, 7) is 5.81. The van der Waals surface area contributed by atoms with Crippen LogP contribution < -0.4 is 5.73 Å². The Hall–Kier alpha value is -1.74. The van der Waals surface area contributed by atoms with Gasteiger partial charge >= 0.3 is 0 Å². The number of pyridine rings is 1. The Kier molecular flexibility index (Phi) is 3.18. The predicted molar refractivity (Wildman–Crippen MR) is 70.8 cm³/mol. The molecule has 18 heavy (non-hydrogen) atoms. The third-order valence-electron chi connectivity index (χ3n) is 3.28. The largest absolute Gasteiger partial charge is 0.318 e. The van der Waals surface area contributed by atoms with Gasteiger partial charge in [-0.25, -0.2) is 4.39 Å². The molecule has 94 valence electrons. The summed E-state index contributed by atoms with van der Waals surface area (Å²) in [5.74, 6) is -0.372. The van der Waals surface area contributed by atoms with Crippen molar-refractivity contribution < 1.29 is 4.39 Å². The van der Waals surface area contributed by atoms with Crippen molar-refractivity contribution in [1.82, 2.24) is 4.98 Å². The van der Waals surface area contributed by atoms with Crippen LogP contribution in [0.4, 0.5) is 4.39 Å². The Bertz CT molecular complexity index is 576. The van der Waals surface area contributed by atoms with Crippen LogP contribution in [0, 0.1) is 19.7 Å². The Labute approximate surface area is 107 Å². The lowest BCUT2D eigenvalue weighted by atomic mass is 9.83. The first kappa shape index (κ1) is 12.7. The highest BCUT2D eigenvalue weighted by Gasteiger charge is 2.28. The number of benzene rings is 1. The maximum Gasteiger partial charge on any atom is 0.146 e. The van der Waals surface area contributed by atoms with Crippen LogP contribution in [0.15, 0.2) is 36.7 Å². The van der Waals surface area contributed by atoms with Crippen molar-refractivity contribution in [3.05, 3.63) is 64.7 Å². The standard InChI is InChI=1S/C15H17FN2/c1-10-4-5-11(2)13(8-10)15(3,17)12-6-7-18-9-14(12)16/h4-9H,17H2,1-3H3. The van der Waals surface area contributed by atoms with Crippen molar-refractivity contribution in [3.8, 4) is 0 Å². The normalized spacial score (nSPS) is 14.3. The van der Waals surface area contributed by atoms with Gasteiger partial charge in [-0.05, 0) is 38.0 Å². The molecule has 0 aliphatic carbocycles. The van der Waals surface area contributed by atoms with Gasteiger partial charge in [-0.2, -0.15) is 0 Å². The molecule has 0 spiro atoms. The van der Waals surface area contributed by atoms with Crippen LogP contribution in [0.2, 0.25) is 0 Å². The fourth-order valence-electron chi connectivity index (χ4n) is 2.24. The van der Waals surface area contributed by atoms with Gasteiger partial charge in [0.2, 0.25) is 0 Å². The number of nitrogens with zero attached hydrogens (tertiary/aromatic N) is 1. The molecule has 0 fully saturated rings. The number of rotatable bonds is 2. The van der Waals surface area contributed by atoms with E-state index < -0.39 is 5.54 Å². The number of hydrogen-bond donors (Lipinski definition) is 1. The van der Waals surface area contributed by atoms with E-state index in [0.29, 0.717) is 5.56 Å². The molecule has 0 radical (unpaired) electrons. The maximum atomic E-state index is 13.9. The number of halogens is 1. The topological polar surface area (TPSA) is 38.9 Å². The van der Waals surface area contributed by atoms with Gasteiger partial charge < -0.3 is 5.73 Å². The molecule has 3 heteroatoms. The van der Waals surface area contributed by atoms with Crippen molar-refractivity contribution in [2.75, 3.05) is 0 Å². The van der Waals surface area contributed by atoms with E-state index in [1.54, 1.807) is 12.3 Å². The summed E-state index contributed by atoms with van der Waals surface area (Å²) >= 11 is 0. The molecule has 0 aliphatic rings. The van der Waals surface area contributed by atoms with Gasteiger partial charge in [-0.3, -0.25) is 4.98 Å². The molecule has 0 saturated carbocycles. The molecule has 2 N–H and O–H groups in total. The van der Waals surface area contributed by atoms with Gasteiger partial charge in [0, 0.05) is 11.8 Å². The second-order valence-corrected chi connectivity index (χ2v) is 4.88. The number of aromatic nitrogens is 1. The molecular weight excluding hydrogens is 227 g/mol. The van der Waals surface area contributed by atoms with Gasteiger partial charge in [-0.1, -0.05) is 23.8 Å². The highest BCUT2D eigenvalue weighted by atomic mass is 19.1. The zero-order valence-electron chi connectivity index (χ0n) is 10.9. The summed E-state index contributed by atoms with van der Waals surface area (Å²) in [7, 11) is 0. The average molecular weight is 244 g/mol. The van der Waals surface area contributed by atoms with Crippen LogP contribution in [0.1, 0.15) is 29.2 Å². The minimum Gasteiger partial charge on any atom is -0.318 e. The lowest BCUT2D eigenvalue weighted by Crippen LogP contribution is -2.36. The van der Waals surface area contributed by atoms with Crippen LogP contribution in [0.5, 0.6) is 0 Å². The third-order valence-corrected chi connectivity index (χ3v) is 3.28. The first-order chi connectivity index (χ1) is 8.43. The SMILES string of the molecule is Cc1ccc(C)c(C(C)(N)c2ccncc2F)c1. The zero-order chi connectivity index (χ0) is 13.3. The monoisotopic (exact) mass is 244 g/mol. The van der Waals surface area contributed by atoms with Crippen LogP contribution in [0.3, 0.4) is 0 Å². The second kappa shape index (κ2) is 4.50. The lowest BCUT2D eigenvalue weighted by molar-refractivity contribution is 0.525. The van der Waals surface area contributed by atoms with Gasteiger partial charge in [0.25, 0.3) is 0 Å². The molecule has 0 aliphatic heterocycles. The minimum absolute atomic E-state index is 0.372. The summed E-state index contributed by atoms with van der Waals surface area (Å²) in [6.07, 6.45) is 2.76. The van der Waals surface area contributed by atoms with Crippen LogP contribution >= 0.6 is 0 Å². The Balaban J connectivity index is 2.61. The molecule has 0 saturated heterocycles. The summed E-state index contributed by atoms with van der Waals surface area (Å²) in [5, 5.41) is 0. The first-order valence-electron chi connectivity index (χ1n) is 5.89. The van der Waals surface area contributed by atoms with E-state index in [-0.39, 0.29) is 5.82 Å². The van der Waals surface area contributed by atoms with Crippen molar-refractivity contribution in [1.29, 1.82) is 0 Å². The van der Waals surface area contributed by atoms with E-state index in [1.165, 1.54) is 6.20 Å². The van der Waals surface area contributed by atoms with Gasteiger partial charge in [0.1, 0.15) is 5.82 Å². The van der Waals surface area contributed by atoms with Crippen LogP contribution in [-0.2, 0) is 5.54 Å². The Morgan fingerprint density at radius 2 is 1.89 bits per heavy atom. The van der Waals surface area contributed by atoms with Crippen LogP contribution in [0.25, 0.3) is 0 Å². The molecule has 2 aromatic rings. The summed E-state index contributed by atoms with van der Waals surface area (Å²) in [5.41, 5.74) is 9.08. The molecule has 1 atom stereocenters. The molecule has 0 amide bonds. The Morgan fingerprint density at radius 3 is 2.56 bits per heavy atom. The second-order valence-electron chi connectivity index (χ2n) is 4.88. The summed E-state index contributed by atoms with van der Waals surface area (Å²) < 4.78 is 13.9. The van der Waals surface area contributed by atoms with E-state index in [4.69, 9.17) is 5.73 Å². The molecule has 1 heterocycles. The fourth-order valence-corrected chi connectivity index (χ4v) is 2.24. The summed E-state index contributed by atoms with van der Waals surface area (Å²) in [4.78, 5) is 3.76. The third kappa shape index (κ3) is 2.14. The fraction of sp³-hybridized carbons (Fsp3) is 0.267. The van der Waals surface area contributed by atoms with E-state index in [0.717, 1.165) is 16.7 Å². The van der Waals surface area contributed by atoms with E-state index in [1.807, 2.05) is 39.0 Å². The van der Waals surface area contributed by atoms with Gasteiger partial charge in [-0.15, -0.1) is 0 Å². The molecule has 2 nitrogen and oxygen atoms in total. The number of nitrogens with two attached hydrogens (primary N) is 1. The van der Waals surface area contributed by atoms with Crippen molar-refractivity contribution in [2.45, 2.75) is 26.3 Å². The predicted octanol–water partition coefficient (Wildman–Crippen LogP) is 3.06. The molecule has 1 aromatic heterocycles. The highest BCUT2D eigenvalue weighted by molar-refractivity contribution is 5.43. The van der Waals surface area contributed by atoms with Crippen molar-refractivity contribution in [2.24, 2.45) is 5.73 Å². The molecular formula is C15H17FN2.